The second-order valence-electron chi connectivity index (χ2n) is 4.18. The van der Waals surface area contributed by atoms with E-state index in [0.717, 1.165) is 0 Å². The molecule has 6 nitrogen and oxygen atoms in total. The number of benzene rings is 2. The van der Waals surface area contributed by atoms with Gasteiger partial charge in [0, 0.05) is 16.2 Å². The molecule has 0 aromatic heterocycles. The number of nitrogen functional groups attached to an aromatic ring is 1. The average molecular weight is 373 g/mol. The van der Waals surface area contributed by atoms with Crippen molar-refractivity contribution in [2.45, 2.75) is 4.90 Å². The molecule has 0 aliphatic carbocycles. The molecule has 2 aromatic carbocycles. The van der Waals surface area contributed by atoms with Crippen molar-refractivity contribution in [3.05, 3.63) is 40.9 Å². The number of phenols is 1. The molecule has 2 aromatic rings. The van der Waals surface area contributed by atoms with Gasteiger partial charge < -0.3 is 15.6 Å². The Balaban J connectivity index is 2.47. The molecule has 0 amide bonds. The Labute approximate surface area is 130 Å². The van der Waals surface area contributed by atoms with Gasteiger partial charge in [-0.15, -0.1) is 0 Å². The van der Waals surface area contributed by atoms with Crippen molar-refractivity contribution in [2.24, 2.45) is 0 Å². The molecule has 0 saturated carbocycles. The van der Waals surface area contributed by atoms with Crippen LogP contribution in [-0.4, -0.2) is 20.6 Å². The van der Waals surface area contributed by atoms with Gasteiger partial charge >= 0.3 is 0 Å². The summed E-state index contributed by atoms with van der Waals surface area (Å²) in [7, 11) is -2.53. The van der Waals surface area contributed by atoms with E-state index in [1.165, 1.54) is 43.5 Å². The Kier molecular flexibility index (Phi) is 4.29. The number of anilines is 2. The van der Waals surface area contributed by atoms with Crippen LogP contribution in [0.3, 0.4) is 0 Å². The molecular formula is C13H13BrN2O4S. The first kappa shape index (κ1) is 15.5. The highest BCUT2D eigenvalue weighted by molar-refractivity contribution is 9.10. The normalized spacial score (nSPS) is 11.1. The summed E-state index contributed by atoms with van der Waals surface area (Å²) >= 11 is 3.21. The van der Waals surface area contributed by atoms with E-state index in [1.807, 2.05) is 0 Å². The van der Waals surface area contributed by atoms with Gasteiger partial charge in [0.05, 0.1) is 12.8 Å². The maximum absolute atomic E-state index is 12.4. The lowest BCUT2D eigenvalue weighted by molar-refractivity contribution is 0.402. The summed E-state index contributed by atoms with van der Waals surface area (Å²) in [6.07, 6.45) is 0. The molecule has 0 aliphatic heterocycles. The number of nitrogens with two attached hydrogens (primary N) is 1. The highest BCUT2D eigenvalue weighted by atomic mass is 79.9. The summed E-state index contributed by atoms with van der Waals surface area (Å²) in [5.74, 6) is 0.112. The molecule has 0 spiro atoms. The van der Waals surface area contributed by atoms with E-state index in [1.54, 1.807) is 0 Å². The molecule has 0 atom stereocenters. The summed E-state index contributed by atoms with van der Waals surface area (Å²) in [5, 5.41) is 9.38. The predicted molar refractivity (Wildman–Crippen MR) is 84.0 cm³/mol. The standard InChI is InChI=1S/C13H13BrN2O4S/c1-20-12-6-10(14)11(15)7-13(12)21(18,19)16-8-3-2-4-9(17)5-8/h2-7,16-17H,15H2,1H3. The van der Waals surface area contributed by atoms with Crippen molar-refractivity contribution < 1.29 is 18.3 Å². The molecule has 8 heteroatoms. The van der Waals surface area contributed by atoms with Crippen LogP contribution in [0.4, 0.5) is 11.4 Å². The number of ether oxygens (including phenoxy) is 1. The fourth-order valence-corrected chi connectivity index (χ4v) is 3.26. The van der Waals surface area contributed by atoms with E-state index in [9.17, 15) is 13.5 Å². The van der Waals surface area contributed by atoms with Crippen LogP contribution in [0, 0.1) is 0 Å². The summed E-state index contributed by atoms with van der Waals surface area (Å²) in [6.45, 7) is 0. The van der Waals surface area contributed by atoms with Crippen LogP contribution in [0.25, 0.3) is 0 Å². The van der Waals surface area contributed by atoms with Crippen LogP contribution in [-0.2, 0) is 10.0 Å². The number of sulfonamides is 1. The van der Waals surface area contributed by atoms with Crippen LogP contribution in [0.1, 0.15) is 0 Å². The highest BCUT2D eigenvalue weighted by Gasteiger charge is 2.21. The number of methoxy groups -OCH3 is 1. The minimum Gasteiger partial charge on any atom is -0.508 e. The third-order valence-electron chi connectivity index (χ3n) is 2.67. The van der Waals surface area contributed by atoms with Gasteiger partial charge in [-0.05, 0) is 40.2 Å². The number of nitrogens with one attached hydrogen (secondary N) is 1. The minimum absolute atomic E-state index is 0.0440. The second kappa shape index (κ2) is 5.82. The third-order valence-corrected chi connectivity index (χ3v) is 4.76. The van der Waals surface area contributed by atoms with Crippen molar-refractivity contribution in [3.8, 4) is 11.5 Å². The van der Waals surface area contributed by atoms with E-state index in [-0.39, 0.29) is 27.8 Å². The fraction of sp³-hybridized carbons (Fsp3) is 0.0769. The van der Waals surface area contributed by atoms with Gasteiger partial charge in [-0.25, -0.2) is 8.42 Å². The highest BCUT2D eigenvalue weighted by Crippen LogP contribution is 2.33. The first-order chi connectivity index (χ1) is 9.83. The molecular weight excluding hydrogens is 360 g/mol. The van der Waals surface area contributed by atoms with Gasteiger partial charge in [0.1, 0.15) is 16.4 Å². The average Bonchev–Trinajstić information content (AvgIpc) is 2.40. The van der Waals surface area contributed by atoms with Crippen LogP contribution >= 0.6 is 15.9 Å². The number of rotatable bonds is 4. The van der Waals surface area contributed by atoms with Crippen LogP contribution < -0.4 is 15.2 Å². The molecule has 4 N–H and O–H groups in total. The Hall–Kier alpha value is -1.93. The summed E-state index contributed by atoms with van der Waals surface area (Å²) < 4.78 is 32.8. The fourth-order valence-electron chi connectivity index (χ4n) is 1.70. The monoisotopic (exact) mass is 372 g/mol. The number of aromatic hydroxyl groups is 1. The van der Waals surface area contributed by atoms with Crippen LogP contribution in [0.5, 0.6) is 11.5 Å². The van der Waals surface area contributed by atoms with Crippen molar-refractivity contribution >= 4 is 37.3 Å². The van der Waals surface area contributed by atoms with Gasteiger partial charge in [0.15, 0.2) is 0 Å². The zero-order valence-corrected chi connectivity index (χ0v) is 13.4. The molecule has 0 saturated heterocycles. The number of halogens is 1. The lowest BCUT2D eigenvalue weighted by atomic mass is 10.3. The summed E-state index contributed by atoms with van der Waals surface area (Å²) in [5.41, 5.74) is 6.23. The Bertz CT molecular complexity index is 778. The Morgan fingerprint density at radius 2 is 2.00 bits per heavy atom. The lowest BCUT2D eigenvalue weighted by Crippen LogP contribution is -2.14. The molecule has 0 bridgehead atoms. The largest absolute Gasteiger partial charge is 0.508 e. The smallest absolute Gasteiger partial charge is 0.265 e. The van der Waals surface area contributed by atoms with Gasteiger partial charge in [-0.1, -0.05) is 6.07 Å². The molecule has 0 heterocycles. The van der Waals surface area contributed by atoms with E-state index < -0.39 is 10.0 Å². The van der Waals surface area contributed by atoms with Crippen molar-refractivity contribution in [3.63, 3.8) is 0 Å². The van der Waals surface area contributed by atoms with Crippen LogP contribution in [0.15, 0.2) is 45.8 Å². The number of hydrogen-bond acceptors (Lipinski definition) is 5. The third kappa shape index (κ3) is 3.40. The molecule has 21 heavy (non-hydrogen) atoms. The number of phenolic OH excluding ortho intramolecular Hbond substituents is 1. The first-order valence-electron chi connectivity index (χ1n) is 5.78. The van der Waals surface area contributed by atoms with E-state index in [0.29, 0.717) is 4.47 Å². The molecule has 0 unspecified atom stereocenters. The van der Waals surface area contributed by atoms with Crippen molar-refractivity contribution in [1.29, 1.82) is 0 Å². The zero-order valence-electron chi connectivity index (χ0n) is 11.0. The van der Waals surface area contributed by atoms with E-state index in [2.05, 4.69) is 20.7 Å². The maximum Gasteiger partial charge on any atom is 0.265 e. The summed E-state index contributed by atoms with van der Waals surface area (Å²) in [4.78, 5) is -0.0888. The van der Waals surface area contributed by atoms with Gasteiger partial charge in [0.25, 0.3) is 10.0 Å². The van der Waals surface area contributed by atoms with E-state index >= 15 is 0 Å². The molecule has 0 radical (unpaired) electrons. The number of hydrogen-bond donors (Lipinski definition) is 3. The Morgan fingerprint density at radius 3 is 2.62 bits per heavy atom. The van der Waals surface area contributed by atoms with Gasteiger partial charge in [-0.3, -0.25) is 4.72 Å². The second-order valence-corrected chi connectivity index (χ2v) is 6.69. The van der Waals surface area contributed by atoms with Crippen molar-refractivity contribution in [2.75, 3.05) is 17.6 Å². The summed E-state index contributed by atoms with van der Waals surface area (Å²) in [6, 6.07) is 8.56. The minimum atomic E-state index is -3.90. The lowest BCUT2D eigenvalue weighted by Gasteiger charge is -2.13. The quantitative estimate of drug-likeness (QED) is 0.715. The predicted octanol–water partition coefficient (Wildman–Crippen LogP) is 2.55. The zero-order chi connectivity index (χ0) is 15.6. The molecule has 0 fully saturated rings. The van der Waals surface area contributed by atoms with E-state index in [4.69, 9.17) is 10.5 Å². The molecule has 0 aliphatic rings. The van der Waals surface area contributed by atoms with Gasteiger partial charge in [-0.2, -0.15) is 0 Å². The van der Waals surface area contributed by atoms with Crippen LogP contribution in [0.2, 0.25) is 0 Å². The Morgan fingerprint density at radius 1 is 1.29 bits per heavy atom. The molecule has 2 rings (SSSR count). The van der Waals surface area contributed by atoms with Crippen molar-refractivity contribution in [1.82, 2.24) is 0 Å². The SMILES string of the molecule is COc1cc(Br)c(N)cc1S(=O)(=O)Nc1cccc(O)c1. The first-order valence-corrected chi connectivity index (χ1v) is 8.06. The maximum atomic E-state index is 12.4. The topological polar surface area (TPSA) is 102 Å². The van der Waals surface area contributed by atoms with Gasteiger partial charge in [0.2, 0.25) is 0 Å². The molecule has 112 valence electrons.